The molecule has 0 radical (unpaired) electrons. The fourth-order valence-electron chi connectivity index (χ4n) is 1.76. The van der Waals surface area contributed by atoms with Gasteiger partial charge in [-0.1, -0.05) is 0 Å². The van der Waals surface area contributed by atoms with Gasteiger partial charge in [0.2, 0.25) is 0 Å². The van der Waals surface area contributed by atoms with Crippen LogP contribution in [0.5, 0.6) is 0 Å². The Bertz CT molecular complexity index is 757. The van der Waals surface area contributed by atoms with Crippen LogP contribution in [0, 0.1) is 6.92 Å². The molecule has 0 aliphatic heterocycles. The predicted octanol–water partition coefficient (Wildman–Crippen LogP) is 2.15. The Labute approximate surface area is 117 Å². The SMILES string of the molecule is Cc1cc(Nc2ccc(N)cc2S(=O)(=O)O)ccc1N. The van der Waals surface area contributed by atoms with Crippen molar-refractivity contribution in [1.29, 1.82) is 0 Å². The first-order valence-electron chi connectivity index (χ1n) is 5.77. The van der Waals surface area contributed by atoms with Crippen LogP contribution in [-0.4, -0.2) is 13.0 Å². The van der Waals surface area contributed by atoms with E-state index in [4.69, 9.17) is 11.5 Å². The van der Waals surface area contributed by atoms with Gasteiger partial charge in [-0.2, -0.15) is 8.42 Å². The van der Waals surface area contributed by atoms with E-state index in [1.807, 2.05) is 6.92 Å². The summed E-state index contributed by atoms with van der Waals surface area (Å²) in [4.78, 5) is -0.271. The molecule has 0 spiro atoms. The molecular formula is C13H15N3O3S. The normalized spacial score (nSPS) is 11.3. The van der Waals surface area contributed by atoms with Gasteiger partial charge >= 0.3 is 0 Å². The number of benzene rings is 2. The van der Waals surface area contributed by atoms with E-state index in [1.165, 1.54) is 12.1 Å². The summed E-state index contributed by atoms with van der Waals surface area (Å²) in [5, 5.41) is 2.92. The van der Waals surface area contributed by atoms with Crippen LogP contribution in [-0.2, 0) is 10.1 Å². The number of aryl methyl sites for hydroxylation is 1. The fourth-order valence-corrected chi connectivity index (χ4v) is 2.45. The van der Waals surface area contributed by atoms with Crippen molar-refractivity contribution < 1.29 is 13.0 Å². The Morgan fingerprint density at radius 2 is 1.80 bits per heavy atom. The number of hydrogen-bond acceptors (Lipinski definition) is 5. The highest BCUT2D eigenvalue weighted by molar-refractivity contribution is 7.86. The van der Waals surface area contributed by atoms with E-state index in [1.54, 1.807) is 24.3 Å². The monoisotopic (exact) mass is 293 g/mol. The van der Waals surface area contributed by atoms with Gasteiger partial charge in [-0.05, 0) is 48.9 Å². The van der Waals surface area contributed by atoms with Crippen LogP contribution < -0.4 is 16.8 Å². The molecule has 106 valence electrons. The van der Waals surface area contributed by atoms with Gasteiger partial charge in [-0.15, -0.1) is 0 Å². The van der Waals surface area contributed by atoms with Crippen molar-refractivity contribution in [1.82, 2.24) is 0 Å². The lowest BCUT2D eigenvalue weighted by Gasteiger charge is -2.12. The van der Waals surface area contributed by atoms with E-state index in [0.717, 1.165) is 5.56 Å². The second kappa shape index (κ2) is 5.03. The minimum Gasteiger partial charge on any atom is -0.399 e. The van der Waals surface area contributed by atoms with E-state index in [2.05, 4.69) is 5.32 Å². The number of hydrogen-bond donors (Lipinski definition) is 4. The predicted molar refractivity (Wildman–Crippen MR) is 79.5 cm³/mol. The maximum atomic E-state index is 11.4. The van der Waals surface area contributed by atoms with Crippen molar-refractivity contribution in [3.8, 4) is 0 Å². The van der Waals surface area contributed by atoms with Gasteiger partial charge in [-0.25, -0.2) is 0 Å². The molecule has 6 nitrogen and oxygen atoms in total. The summed E-state index contributed by atoms with van der Waals surface area (Å²) >= 11 is 0. The number of nitrogens with two attached hydrogens (primary N) is 2. The van der Waals surface area contributed by atoms with Crippen molar-refractivity contribution >= 4 is 32.9 Å². The fraction of sp³-hybridized carbons (Fsp3) is 0.0769. The lowest BCUT2D eigenvalue weighted by Crippen LogP contribution is -2.04. The van der Waals surface area contributed by atoms with E-state index < -0.39 is 10.1 Å². The molecule has 0 bridgehead atoms. The van der Waals surface area contributed by atoms with Gasteiger partial charge in [0.25, 0.3) is 10.1 Å². The largest absolute Gasteiger partial charge is 0.399 e. The van der Waals surface area contributed by atoms with E-state index in [9.17, 15) is 13.0 Å². The molecule has 2 aromatic carbocycles. The zero-order chi connectivity index (χ0) is 14.9. The third-order valence-electron chi connectivity index (χ3n) is 2.83. The lowest BCUT2D eigenvalue weighted by atomic mass is 10.2. The van der Waals surface area contributed by atoms with Crippen LogP contribution in [0.25, 0.3) is 0 Å². The summed E-state index contributed by atoms with van der Waals surface area (Å²) in [5.74, 6) is 0. The molecule has 0 aliphatic carbocycles. The Kier molecular flexibility index (Phi) is 3.56. The molecule has 0 saturated carbocycles. The summed E-state index contributed by atoms with van der Waals surface area (Å²) in [7, 11) is -4.36. The Balaban J connectivity index is 2.46. The average molecular weight is 293 g/mol. The molecule has 0 atom stereocenters. The van der Waals surface area contributed by atoms with Crippen molar-refractivity contribution in [3.05, 3.63) is 42.0 Å². The van der Waals surface area contributed by atoms with E-state index in [-0.39, 0.29) is 16.3 Å². The second-order valence-electron chi connectivity index (χ2n) is 4.43. The Morgan fingerprint density at radius 3 is 2.40 bits per heavy atom. The molecule has 0 fully saturated rings. The van der Waals surface area contributed by atoms with Gasteiger partial charge in [-0.3, -0.25) is 4.55 Å². The quantitative estimate of drug-likeness (QED) is 0.508. The van der Waals surface area contributed by atoms with E-state index >= 15 is 0 Å². The average Bonchev–Trinajstić information content (AvgIpc) is 2.35. The zero-order valence-corrected chi connectivity index (χ0v) is 11.6. The van der Waals surface area contributed by atoms with Crippen LogP contribution in [0.4, 0.5) is 22.7 Å². The summed E-state index contributed by atoms with van der Waals surface area (Å²) in [6.45, 7) is 1.84. The Hall–Kier alpha value is -2.25. The maximum Gasteiger partial charge on any atom is 0.296 e. The van der Waals surface area contributed by atoms with Crippen LogP contribution in [0.1, 0.15) is 5.56 Å². The molecule has 2 aromatic rings. The van der Waals surface area contributed by atoms with Crippen molar-refractivity contribution in [2.45, 2.75) is 11.8 Å². The summed E-state index contributed by atoms with van der Waals surface area (Å²) in [6.07, 6.45) is 0. The van der Waals surface area contributed by atoms with Gasteiger partial charge in [0.1, 0.15) is 4.90 Å². The standard InChI is InChI=1S/C13H15N3O3S/c1-8-6-10(3-4-11(8)15)16-12-5-2-9(14)7-13(12)20(17,18)19/h2-7,16H,14-15H2,1H3,(H,17,18,19). The molecule has 0 unspecified atom stereocenters. The van der Waals surface area contributed by atoms with Crippen molar-refractivity contribution in [3.63, 3.8) is 0 Å². The summed E-state index contributed by atoms with van der Waals surface area (Å²) in [5.41, 5.74) is 13.9. The summed E-state index contributed by atoms with van der Waals surface area (Å²) < 4.78 is 31.9. The highest BCUT2D eigenvalue weighted by Gasteiger charge is 2.16. The topological polar surface area (TPSA) is 118 Å². The number of nitrogens with one attached hydrogen (secondary N) is 1. The zero-order valence-electron chi connectivity index (χ0n) is 10.8. The highest BCUT2D eigenvalue weighted by atomic mass is 32.2. The molecule has 0 heterocycles. The maximum absolute atomic E-state index is 11.4. The number of anilines is 4. The van der Waals surface area contributed by atoms with Gasteiger partial charge in [0.05, 0.1) is 5.69 Å². The minimum atomic E-state index is -4.36. The smallest absolute Gasteiger partial charge is 0.296 e. The van der Waals surface area contributed by atoms with Crippen molar-refractivity contribution in [2.75, 3.05) is 16.8 Å². The molecule has 20 heavy (non-hydrogen) atoms. The molecule has 0 amide bonds. The molecule has 7 heteroatoms. The Morgan fingerprint density at radius 1 is 1.10 bits per heavy atom. The van der Waals surface area contributed by atoms with E-state index in [0.29, 0.717) is 11.4 Å². The van der Waals surface area contributed by atoms with Crippen LogP contribution in [0.15, 0.2) is 41.3 Å². The first kappa shape index (κ1) is 14.2. The first-order valence-corrected chi connectivity index (χ1v) is 7.21. The molecule has 2 rings (SSSR count). The molecule has 6 N–H and O–H groups in total. The molecule has 0 aliphatic rings. The minimum absolute atomic E-state index is 0.242. The first-order chi connectivity index (χ1) is 9.27. The third kappa shape index (κ3) is 3.01. The van der Waals surface area contributed by atoms with Gasteiger partial charge < -0.3 is 16.8 Å². The van der Waals surface area contributed by atoms with Crippen LogP contribution in [0.3, 0.4) is 0 Å². The van der Waals surface area contributed by atoms with Crippen molar-refractivity contribution in [2.24, 2.45) is 0 Å². The van der Waals surface area contributed by atoms with Gasteiger partial charge in [0, 0.05) is 17.1 Å². The second-order valence-corrected chi connectivity index (χ2v) is 5.82. The molecule has 0 saturated heterocycles. The van der Waals surface area contributed by atoms with Gasteiger partial charge in [0.15, 0.2) is 0 Å². The number of nitrogen functional groups attached to an aromatic ring is 2. The van der Waals surface area contributed by atoms with Crippen LogP contribution >= 0.6 is 0 Å². The lowest BCUT2D eigenvalue weighted by molar-refractivity contribution is 0.483. The number of rotatable bonds is 3. The van der Waals surface area contributed by atoms with Crippen LogP contribution in [0.2, 0.25) is 0 Å². The summed E-state index contributed by atoms with van der Waals surface area (Å²) in [6, 6.07) is 9.43. The molecule has 0 aromatic heterocycles. The highest BCUT2D eigenvalue weighted by Crippen LogP contribution is 2.28. The third-order valence-corrected chi connectivity index (χ3v) is 3.73. The molecular weight excluding hydrogens is 278 g/mol.